The van der Waals surface area contributed by atoms with Crippen molar-refractivity contribution >= 4 is 11.8 Å². The van der Waals surface area contributed by atoms with Gasteiger partial charge in [0.05, 0.1) is 31.1 Å². The second kappa shape index (κ2) is 11.3. The summed E-state index contributed by atoms with van der Waals surface area (Å²) in [6, 6.07) is 15.9. The normalized spacial score (nSPS) is 12.0. The fourth-order valence-electron chi connectivity index (χ4n) is 2.45. The standard InChI is InChI=1S/C20H23NO7/c1-15(20(23)27-12-10-26-11-13-28-21(24)25)17-8-5-9-18(14-17)19(22)16-6-3-2-4-7-16/h2-9,14-15,24-25H,10-13H2,1H3. The molecular formula is C20H23NO7. The molecule has 150 valence electrons. The van der Waals surface area contributed by atoms with Crippen LogP contribution in [0.1, 0.15) is 34.3 Å². The van der Waals surface area contributed by atoms with Crippen molar-refractivity contribution in [1.82, 2.24) is 5.39 Å². The summed E-state index contributed by atoms with van der Waals surface area (Å²) in [5.74, 6) is -1.08. The molecule has 2 rings (SSSR count). The SMILES string of the molecule is CC(C(=O)OCCOCCON(O)O)c1cccc(C(=O)c2ccccc2)c1. The Morgan fingerprint density at radius 1 is 0.929 bits per heavy atom. The molecule has 0 aromatic heterocycles. The number of nitrogens with zero attached hydrogens (tertiary/aromatic N) is 1. The number of carbonyl (C=O) groups excluding carboxylic acids is 2. The smallest absolute Gasteiger partial charge is 0.313 e. The zero-order valence-corrected chi connectivity index (χ0v) is 15.5. The fourth-order valence-corrected chi connectivity index (χ4v) is 2.45. The minimum atomic E-state index is -0.538. The van der Waals surface area contributed by atoms with Crippen molar-refractivity contribution in [3.8, 4) is 0 Å². The first kappa shape index (κ1) is 21.7. The average Bonchev–Trinajstić information content (AvgIpc) is 2.72. The summed E-state index contributed by atoms with van der Waals surface area (Å²) >= 11 is 0. The van der Waals surface area contributed by atoms with Gasteiger partial charge in [-0.3, -0.25) is 20.0 Å². The number of ketones is 1. The van der Waals surface area contributed by atoms with E-state index < -0.39 is 17.3 Å². The van der Waals surface area contributed by atoms with E-state index in [1.54, 1.807) is 55.5 Å². The molecule has 0 saturated heterocycles. The van der Waals surface area contributed by atoms with Gasteiger partial charge in [0, 0.05) is 11.1 Å². The van der Waals surface area contributed by atoms with E-state index in [1.165, 1.54) is 0 Å². The molecule has 0 radical (unpaired) electrons. The lowest BCUT2D eigenvalue weighted by atomic mass is 9.96. The molecule has 1 unspecified atom stereocenters. The summed E-state index contributed by atoms with van der Waals surface area (Å²) in [7, 11) is 0. The summed E-state index contributed by atoms with van der Waals surface area (Å²) < 4.78 is 10.3. The third kappa shape index (κ3) is 6.84. The Bertz CT molecular complexity index is 764. The summed E-state index contributed by atoms with van der Waals surface area (Å²) in [4.78, 5) is 29.1. The van der Waals surface area contributed by atoms with Crippen LogP contribution >= 0.6 is 0 Å². The molecule has 28 heavy (non-hydrogen) atoms. The monoisotopic (exact) mass is 389 g/mol. The van der Waals surface area contributed by atoms with Crippen molar-refractivity contribution in [1.29, 1.82) is 0 Å². The Balaban J connectivity index is 1.84. The Labute approximate surface area is 162 Å². The lowest BCUT2D eigenvalue weighted by Gasteiger charge is -2.13. The number of rotatable bonds is 11. The molecule has 2 N–H and O–H groups in total. The maximum absolute atomic E-state index is 12.6. The molecule has 0 bridgehead atoms. The van der Waals surface area contributed by atoms with Gasteiger partial charge in [0.15, 0.2) is 5.78 Å². The summed E-state index contributed by atoms with van der Waals surface area (Å²) in [5, 5.41) is 16.3. The van der Waals surface area contributed by atoms with E-state index in [0.717, 1.165) is 0 Å². The van der Waals surface area contributed by atoms with Crippen LogP contribution in [-0.2, 0) is 19.1 Å². The van der Waals surface area contributed by atoms with Crippen LogP contribution in [0.25, 0.3) is 0 Å². The highest BCUT2D eigenvalue weighted by Crippen LogP contribution is 2.20. The molecule has 0 aliphatic carbocycles. The quantitative estimate of drug-likeness (QED) is 0.261. The zero-order chi connectivity index (χ0) is 20.4. The first-order valence-electron chi connectivity index (χ1n) is 8.74. The van der Waals surface area contributed by atoms with Crippen LogP contribution in [0.5, 0.6) is 0 Å². The lowest BCUT2D eigenvalue weighted by molar-refractivity contribution is -0.493. The van der Waals surface area contributed by atoms with Crippen LogP contribution in [0.15, 0.2) is 54.6 Å². The number of ether oxygens (including phenoxy) is 2. The summed E-state index contributed by atoms with van der Waals surface area (Å²) in [5.41, 5.74) is 1.78. The minimum absolute atomic E-state index is 0.0494. The number of benzene rings is 2. The number of carbonyl (C=O) groups is 2. The van der Waals surface area contributed by atoms with Crippen LogP contribution in [0, 0.1) is 0 Å². The van der Waals surface area contributed by atoms with Crippen LogP contribution in [0.2, 0.25) is 0 Å². The van der Waals surface area contributed by atoms with Gasteiger partial charge in [-0.15, -0.1) is 0 Å². The van der Waals surface area contributed by atoms with E-state index >= 15 is 0 Å². The molecule has 2 aromatic carbocycles. The highest BCUT2D eigenvalue weighted by Gasteiger charge is 2.18. The molecule has 8 nitrogen and oxygen atoms in total. The number of hydrogen-bond donors (Lipinski definition) is 2. The van der Waals surface area contributed by atoms with Crippen molar-refractivity contribution in [3.05, 3.63) is 71.3 Å². The molecule has 2 aromatic rings. The predicted octanol–water partition coefficient (Wildman–Crippen LogP) is 2.59. The van der Waals surface area contributed by atoms with Gasteiger partial charge in [-0.25, -0.2) is 4.84 Å². The fraction of sp³-hybridized carbons (Fsp3) is 0.300. The van der Waals surface area contributed by atoms with Crippen LogP contribution in [0.4, 0.5) is 0 Å². The first-order valence-corrected chi connectivity index (χ1v) is 8.74. The van der Waals surface area contributed by atoms with E-state index in [1.807, 2.05) is 6.07 Å². The molecule has 8 heteroatoms. The Kier molecular flexibility index (Phi) is 8.73. The van der Waals surface area contributed by atoms with Crippen molar-refractivity contribution in [2.24, 2.45) is 0 Å². The Hall–Kier alpha value is -2.62. The number of esters is 1. The average molecular weight is 389 g/mol. The minimum Gasteiger partial charge on any atom is -0.463 e. The van der Waals surface area contributed by atoms with Crippen molar-refractivity contribution in [2.45, 2.75) is 12.8 Å². The van der Waals surface area contributed by atoms with Gasteiger partial charge in [0.25, 0.3) is 0 Å². The van der Waals surface area contributed by atoms with Crippen LogP contribution in [-0.4, -0.2) is 54.0 Å². The van der Waals surface area contributed by atoms with E-state index in [2.05, 4.69) is 4.84 Å². The van der Waals surface area contributed by atoms with Gasteiger partial charge < -0.3 is 9.47 Å². The lowest BCUT2D eigenvalue weighted by Crippen LogP contribution is -2.20. The van der Waals surface area contributed by atoms with E-state index in [0.29, 0.717) is 16.7 Å². The van der Waals surface area contributed by atoms with Gasteiger partial charge in [-0.2, -0.15) is 0 Å². The summed E-state index contributed by atoms with van der Waals surface area (Å²) in [6.45, 7) is 1.95. The number of hydrogen-bond acceptors (Lipinski definition) is 8. The molecule has 0 aliphatic rings. The molecule has 0 saturated carbocycles. The van der Waals surface area contributed by atoms with E-state index in [4.69, 9.17) is 19.9 Å². The molecule has 1 atom stereocenters. The van der Waals surface area contributed by atoms with Crippen LogP contribution < -0.4 is 0 Å². The molecule has 0 heterocycles. The maximum Gasteiger partial charge on any atom is 0.313 e. The molecular weight excluding hydrogens is 366 g/mol. The van der Waals surface area contributed by atoms with E-state index in [9.17, 15) is 9.59 Å². The Morgan fingerprint density at radius 2 is 1.61 bits per heavy atom. The van der Waals surface area contributed by atoms with Gasteiger partial charge >= 0.3 is 5.97 Å². The maximum atomic E-state index is 12.6. The van der Waals surface area contributed by atoms with Gasteiger partial charge in [0.2, 0.25) is 0 Å². The topological polar surface area (TPSA) is 106 Å². The van der Waals surface area contributed by atoms with E-state index in [-0.39, 0.29) is 32.2 Å². The third-order valence-electron chi connectivity index (χ3n) is 3.94. The largest absolute Gasteiger partial charge is 0.463 e. The van der Waals surface area contributed by atoms with Crippen LogP contribution in [0.3, 0.4) is 0 Å². The Morgan fingerprint density at radius 3 is 2.32 bits per heavy atom. The van der Waals surface area contributed by atoms with Crippen molar-refractivity contribution in [3.63, 3.8) is 0 Å². The summed E-state index contributed by atoms with van der Waals surface area (Å²) in [6.07, 6.45) is 0. The highest BCUT2D eigenvalue weighted by molar-refractivity contribution is 6.09. The predicted molar refractivity (Wildman–Crippen MR) is 97.9 cm³/mol. The third-order valence-corrected chi connectivity index (χ3v) is 3.94. The van der Waals surface area contributed by atoms with Crippen molar-refractivity contribution < 1.29 is 34.3 Å². The molecule has 0 aliphatic heterocycles. The molecule has 0 fully saturated rings. The van der Waals surface area contributed by atoms with Gasteiger partial charge in [0.1, 0.15) is 6.61 Å². The molecule has 0 spiro atoms. The zero-order valence-electron chi connectivity index (χ0n) is 15.5. The van der Waals surface area contributed by atoms with Gasteiger partial charge in [-0.1, -0.05) is 48.5 Å². The molecule has 0 amide bonds. The first-order chi connectivity index (χ1) is 13.5. The van der Waals surface area contributed by atoms with Gasteiger partial charge in [-0.05, 0) is 18.6 Å². The second-order valence-electron chi connectivity index (χ2n) is 5.91. The highest BCUT2D eigenvalue weighted by atomic mass is 17.1. The second-order valence-corrected chi connectivity index (χ2v) is 5.91. The van der Waals surface area contributed by atoms with Crippen molar-refractivity contribution in [2.75, 3.05) is 26.4 Å².